The summed E-state index contributed by atoms with van der Waals surface area (Å²) < 4.78 is 3.92. The van der Waals surface area contributed by atoms with Crippen LogP contribution in [0.4, 0.5) is 11.6 Å². The average Bonchev–Trinajstić information content (AvgIpc) is 3.49. The van der Waals surface area contributed by atoms with E-state index in [1.807, 2.05) is 30.6 Å². The number of imidazole rings is 2. The molecule has 9 nitrogen and oxygen atoms in total. The summed E-state index contributed by atoms with van der Waals surface area (Å²) in [5.41, 5.74) is 3.68. The molecule has 1 amide bonds. The minimum atomic E-state index is -0.923. The maximum absolute atomic E-state index is 13.2. The average molecular weight is 501 g/mol. The van der Waals surface area contributed by atoms with E-state index < -0.39 is 5.41 Å². The smallest absolute Gasteiger partial charge is 0.237 e. The topological polar surface area (TPSA) is 102 Å². The largest absolute Gasteiger partial charge is 0.364 e. The van der Waals surface area contributed by atoms with E-state index in [4.69, 9.17) is 11.6 Å². The molecule has 2 N–H and O–H groups in total. The zero-order valence-corrected chi connectivity index (χ0v) is 20.7. The second-order valence-electron chi connectivity index (χ2n) is 9.69. The Labute approximate surface area is 212 Å². The van der Waals surface area contributed by atoms with Crippen LogP contribution in [-0.2, 0) is 16.8 Å². The third-order valence-electron chi connectivity index (χ3n) is 6.59. The van der Waals surface area contributed by atoms with Crippen molar-refractivity contribution in [1.29, 1.82) is 0 Å². The number of nitrogens with one attached hydrogen (secondary N) is 2. The van der Waals surface area contributed by atoms with E-state index in [0.29, 0.717) is 34.8 Å². The van der Waals surface area contributed by atoms with Gasteiger partial charge in [-0.15, -0.1) is 0 Å². The van der Waals surface area contributed by atoms with E-state index in [-0.39, 0.29) is 5.91 Å². The number of hydrogen-bond acceptors (Lipinski definition) is 6. The van der Waals surface area contributed by atoms with Crippen LogP contribution in [0.5, 0.6) is 0 Å². The van der Waals surface area contributed by atoms with Gasteiger partial charge in [0.15, 0.2) is 0 Å². The van der Waals surface area contributed by atoms with Crippen molar-refractivity contribution in [1.82, 2.24) is 28.7 Å². The SMILES string of the molecule is CC(C)(C(=O)Nc1cc(NCc2cn3cc(C4CC4)ccc3n2)ncn1)c1ncn2ccc(Cl)cc12. The Morgan fingerprint density at radius 2 is 1.92 bits per heavy atom. The van der Waals surface area contributed by atoms with Crippen LogP contribution in [0.3, 0.4) is 0 Å². The molecular weight excluding hydrogens is 476 g/mol. The summed E-state index contributed by atoms with van der Waals surface area (Å²) in [4.78, 5) is 30.9. The highest BCUT2D eigenvalue weighted by Gasteiger charge is 2.34. The molecule has 10 heteroatoms. The van der Waals surface area contributed by atoms with Gasteiger partial charge < -0.3 is 19.4 Å². The lowest BCUT2D eigenvalue weighted by Crippen LogP contribution is -2.35. The first kappa shape index (κ1) is 22.5. The fraction of sp³-hybridized carbons (Fsp3) is 0.269. The summed E-state index contributed by atoms with van der Waals surface area (Å²) in [7, 11) is 0. The van der Waals surface area contributed by atoms with Gasteiger partial charge in [0.25, 0.3) is 0 Å². The number of carbonyl (C=O) groups is 1. The number of fused-ring (bicyclic) bond motifs is 2. The summed E-state index contributed by atoms with van der Waals surface area (Å²) in [6.07, 6.45) is 11.6. The third-order valence-corrected chi connectivity index (χ3v) is 6.83. The zero-order chi connectivity index (χ0) is 24.9. The fourth-order valence-corrected chi connectivity index (χ4v) is 4.49. The number of amides is 1. The molecule has 1 aliphatic rings. The van der Waals surface area contributed by atoms with Crippen LogP contribution in [0.25, 0.3) is 11.2 Å². The van der Waals surface area contributed by atoms with Crippen LogP contribution in [-0.4, -0.2) is 34.6 Å². The maximum atomic E-state index is 13.2. The van der Waals surface area contributed by atoms with Gasteiger partial charge in [-0.3, -0.25) is 4.79 Å². The molecule has 0 aliphatic heterocycles. The van der Waals surface area contributed by atoms with Gasteiger partial charge in [-0.2, -0.15) is 0 Å². The van der Waals surface area contributed by atoms with Crippen molar-refractivity contribution in [3.63, 3.8) is 0 Å². The Morgan fingerprint density at radius 1 is 1.08 bits per heavy atom. The van der Waals surface area contributed by atoms with Crippen LogP contribution in [0.1, 0.15) is 49.6 Å². The predicted molar refractivity (Wildman–Crippen MR) is 138 cm³/mol. The summed E-state index contributed by atoms with van der Waals surface area (Å²) in [5.74, 6) is 1.45. The van der Waals surface area contributed by atoms with Gasteiger partial charge in [0.05, 0.1) is 35.2 Å². The van der Waals surface area contributed by atoms with Crippen molar-refractivity contribution in [2.45, 2.75) is 44.6 Å². The van der Waals surface area contributed by atoms with Crippen LogP contribution in [0.15, 0.2) is 61.6 Å². The van der Waals surface area contributed by atoms with Gasteiger partial charge in [0.2, 0.25) is 5.91 Å². The minimum absolute atomic E-state index is 0.237. The normalized spacial score (nSPS) is 13.9. The van der Waals surface area contributed by atoms with Gasteiger partial charge in [-0.25, -0.2) is 19.9 Å². The van der Waals surface area contributed by atoms with Gasteiger partial charge >= 0.3 is 0 Å². The van der Waals surface area contributed by atoms with E-state index >= 15 is 0 Å². The van der Waals surface area contributed by atoms with E-state index in [9.17, 15) is 4.79 Å². The molecule has 0 spiro atoms. The van der Waals surface area contributed by atoms with Crippen molar-refractivity contribution in [3.8, 4) is 0 Å². The van der Waals surface area contributed by atoms with Crippen molar-refractivity contribution in [3.05, 3.63) is 83.6 Å². The molecule has 1 fully saturated rings. The molecule has 36 heavy (non-hydrogen) atoms. The number of halogens is 1. The maximum Gasteiger partial charge on any atom is 0.237 e. The van der Waals surface area contributed by atoms with E-state index in [1.165, 1.54) is 24.7 Å². The number of hydrogen-bond donors (Lipinski definition) is 2. The van der Waals surface area contributed by atoms with Crippen molar-refractivity contribution in [2.24, 2.45) is 0 Å². The van der Waals surface area contributed by atoms with Crippen LogP contribution >= 0.6 is 11.6 Å². The van der Waals surface area contributed by atoms with Crippen LogP contribution in [0, 0.1) is 0 Å². The molecular formula is C26H25ClN8O. The third kappa shape index (κ3) is 4.26. The second kappa shape index (κ2) is 8.60. The lowest BCUT2D eigenvalue weighted by molar-refractivity contribution is -0.120. The Balaban J connectivity index is 1.15. The van der Waals surface area contributed by atoms with E-state index in [2.05, 4.69) is 53.3 Å². The number of rotatable bonds is 7. The first-order chi connectivity index (χ1) is 17.4. The first-order valence-electron chi connectivity index (χ1n) is 11.8. The monoisotopic (exact) mass is 500 g/mol. The van der Waals surface area contributed by atoms with Crippen molar-refractivity contribution in [2.75, 3.05) is 10.6 Å². The number of pyridine rings is 2. The number of aromatic nitrogens is 6. The molecule has 0 bridgehead atoms. The number of nitrogens with zero attached hydrogens (tertiary/aromatic N) is 6. The standard InChI is InChI=1S/C26H25ClN8O/c1-26(2,24-20-9-18(27)7-8-34(20)15-31-24)25(36)33-22-10-21(29-14-30-22)28-11-19-13-35-12-17(16-3-4-16)5-6-23(35)32-19/h5-10,12-16H,3-4,11H2,1-2H3,(H2,28,29,30,33,36). The Kier molecular flexibility index (Phi) is 5.37. The predicted octanol–water partition coefficient (Wildman–Crippen LogP) is 4.83. The van der Waals surface area contributed by atoms with Crippen LogP contribution in [0.2, 0.25) is 5.02 Å². The van der Waals surface area contributed by atoms with Gasteiger partial charge in [-0.1, -0.05) is 17.7 Å². The first-order valence-corrected chi connectivity index (χ1v) is 12.2. The van der Waals surface area contributed by atoms with Gasteiger partial charge in [-0.05, 0) is 56.4 Å². The molecule has 5 heterocycles. The molecule has 182 valence electrons. The number of carbonyl (C=O) groups excluding carboxylic acids is 1. The molecule has 6 rings (SSSR count). The Bertz CT molecular complexity index is 1600. The second-order valence-corrected chi connectivity index (χ2v) is 10.1. The Morgan fingerprint density at radius 3 is 2.75 bits per heavy atom. The zero-order valence-electron chi connectivity index (χ0n) is 19.9. The van der Waals surface area contributed by atoms with Gasteiger partial charge in [0, 0.05) is 29.7 Å². The Hall–Kier alpha value is -3.98. The molecule has 0 radical (unpaired) electrons. The molecule has 1 saturated carbocycles. The molecule has 0 saturated heterocycles. The lowest BCUT2D eigenvalue weighted by Gasteiger charge is -2.22. The molecule has 0 atom stereocenters. The van der Waals surface area contributed by atoms with E-state index in [1.54, 1.807) is 24.5 Å². The highest BCUT2D eigenvalue weighted by Crippen LogP contribution is 2.39. The summed E-state index contributed by atoms with van der Waals surface area (Å²) in [6.45, 7) is 4.14. The molecule has 5 aromatic heterocycles. The van der Waals surface area contributed by atoms with Crippen molar-refractivity contribution >= 4 is 40.3 Å². The quantitative estimate of drug-likeness (QED) is 0.332. The summed E-state index contributed by atoms with van der Waals surface area (Å²) in [5, 5.41) is 6.76. The highest BCUT2D eigenvalue weighted by atomic mass is 35.5. The fourth-order valence-electron chi connectivity index (χ4n) is 4.33. The van der Waals surface area contributed by atoms with Gasteiger partial charge in [0.1, 0.15) is 23.6 Å². The van der Waals surface area contributed by atoms with E-state index in [0.717, 1.165) is 16.9 Å². The van der Waals surface area contributed by atoms with Crippen LogP contribution < -0.4 is 10.6 Å². The summed E-state index contributed by atoms with van der Waals surface area (Å²) in [6, 6.07) is 9.52. The highest BCUT2D eigenvalue weighted by molar-refractivity contribution is 6.30. The minimum Gasteiger partial charge on any atom is -0.364 e. The summed E-state index contributed by atoms with van der Waals surface area (Å²) >= 11 is 6.17. The van der Waals surface area contributed by atoms with Crippen molar-refractivity contribution < 1.29 is 4.79 Å². The molecule has 0 unspecified atom stereocenters. The lowest BCUT2D eigenvalue weighted by atomic mass is 9.87. The number of anilines is 2. The molecule has 1 aliphatic carbocycles. The molecule has 0 aromatic carbocycles. The molecule has 5 aromatic rings.